The molecule has 0 N–H and O–H groups in total. The van der Waals surface area contributed by atoms with Crippen LogP contribution < -0.4 is 0 Å². The van der Waals surface area contributed by atoms with Crippen molar-refractivity contribution in [1.82, 2.24) is 4.90 Å². The third kappa shape index (κ3) is 4.34. The lowest BCUT2D eigenvalue weighted by Gasteiger charge is -2.18. The van der Waals surface area contributed by atoms with Gasteiger partial charge in [0.2, 0.25) is 0 Å². The van der Waals surface area contributed by atoms with Crippen LogP contribution in [-0.2, 0) is 11.2 Å². The molecule has 0 atom stereocenters. The Morgan fingerprint density at radius 1 is 1.39 bits per heavy atom. The summed E-state index contributed by atoms with van der Waals surface area (Å²) in [5.41, 5.74) is 1.82. The number of hydrogen-bond acceptors (Lipinski definition) is 3. The lowest BCUT2D eigenvalue weighted by atomic mass is 10.1. The second-order valence-corrected chi connectivity index (χ2v) is 4.12. The number of nitrogens with zero attached hydrogens (tertiary/aromatic N) is 1. The maximum atomic E-state index is 11.3. The SMILES string of the molecule is C=CCN(CC)CCc1ccc(C(=O)OC)cc1. The number of likely N-dealkylation sites (N-methyl/N-ethyl adjacent to an activating group) is 1. The number of carbonyl (C=O) groups is 1. The Morgan fingerprint density at radius 2 is 2.06 bits per heavy atom. The fourth-order valence-electron chi connectivity index (χ4n) is 1.77. The van der Waals surface area contributed by atoms with E-state index in [-0.39, 0.29) is 5.97 Å². The summed E-state index contributed by atoms with van der Waals surface area (Å²) >= 11 is 0. The van der Waals surface area contributed by atoms with Gasteiger partial charge in [0.05, 0.1) is 12.7 Å². The van der Waals surface area contributed by atoms with Gasteiger partial charge in [-0.2, -0.15) is 0 Å². The van der Waals surface area contributed by atoms with E-state index in [2.05, 4.69) is 23.1 Å². The van der Waals surface area contributed by atoms with Crippen molar-refractivity contribution in [3.63, 3.8) is 0 Å². The van der Waals surface area contributed by atoms with Crippen molar-refractivity contribution in [3.05, 3.63) is 48.0 Å². The molecule has 0 saturated heterocycles. The molecule has 1 aromatic rings. The third-order valence-corrected chi connectivity index (χ3v) is 2.93. The number of rotatable bonds is 7. The quantitative estimate of drug-likeness (QED) is 0.548. The zero-order valence-corrected chi connectivity index (χ0v) is 11.2. The van der Waals surface area contributed by atoms with Crippen molar-refractivity contribution >= 4 is 5.97 Å². The molecule has 0 heterocycles. The molecular formula is C15H21NO2. The van der Waals surface area contributed by atoms with E-state index < -0.39 is 0 Å². The first-order chi connectivity index (χ1) is 8.71. The van der Waals surface area contributed by atoms with Crippen LogP contribution in [0.5, 0.6) is 0 Å². The van der Waals surface area contributed by atoms with Crippen molar-refractivity contribution < 1.29 is 9.53 Å². The van der Waals surface area contributed by atoms with Gasteiger partial charge in [0.25, 0.3) is 0 Å². The molecule has 0 fully saturated rings. The summed E-state index contributed by atoms with van der Waals surface area (Å²) in [5, 5.41) is 0. The Bertz CT molecular complexity index is 384. The highest BCUT2D eigenvalue weighted by molar-refractivity contribution is 5.89. The number of ether oxygens (including phenoxy) is 1. The number of benzene rings is 1. The highest BCUT2D eigenvalue weighted by Crippen LogP contribution is 2.07. The van der Waals surface area contributed by atoms with Crippen LogP contribution in [0.4, 0.5) is 0 Å². The number of methoxy groups -OCH3 is 1. The molecule has 0 aliphatic heterocycles. The molecule has 0 aliphatic carbocycles. The van der Waals surface area contributed by atoms with E-state index in [1.165, 1.54) is 12.7 Å². The predicted octanol–water partition coefficient (Wildman–Crippen LogP) is 2.52. The maximum absolute atomic E-state index is 11.3. The number of esters is 1. The van der Waals surface area contributed by atoms with Crippen LogP contribution in [0.15, 0.2) is 36.9 Å². The molecule has 3 nitrogen and oxygen atoms in total. The fourth-order valence-corrected chi connectivity index (χ4v) is 1.77. The first-order valence-electron chi connectivity index (χ1n) is 6.21. The van der Waals surface area contributed by atoms with Crippen LogP contribution >= 0.6 is 0 Å². The molecule has 0 spiro atoms. The molecule has 1 aromatic carbocycles. The summed E-state index contributed by atoms with van der Waals surface area (Å²) in [5.74, 6) is -0.289. The van der Waals surface area contributed by atoms with Gasteiger partial charge in [-0.1, -0.05) is 25.1 Å². The Labute approximate surface area is 109 Å². The number of hydrogen-bond donors (Lipinski definition) is 0. The van der Waals surface area contributed by atoms with Crippen LogP contribution in [0.1, 0.15) is 22.8 Å². The second-order valence-electron chi connectivity index (χ2n) is 4.12. The van der Waals surface area contributed by atoms with Crippen LogP contribution in [0.25, 0.3) is 0 Å². The first-order valence-corrected chi connectivity index (χ1v) is 6.21. The van der Waals surface area contributed by atoms with Crippen molar-refractivity contribution in [3.8, 4) is 0 Å². The highest BCUT2D eigenvalue weighted by atomic mass is 16.5. The fraction of sp³-hybridized carbons (Fsp3) is 0.400. The van der Waals surface area contributed by atoms with Crippen LogP contribution in [0.2, 0.25) is 0 Å². The second kappa shape index (κ2) is 7.67. The molecule has 0 aromatic heterocycles. The topological polar surface area (TPSA) is 29.5 Å². The first kappa shape index (κ1) is 14.5. The molecule has 98 valence electrons. The molecule has 1 rings (SSSR count). The average molecular weight is 247 g/mol. The summed E-state index contributed by atoms with van der Waals surface area (Å²) in [4.78, 5) is 13.6. The molecule has 18 heavy (non-hydrogen) atoms. The lowest BCUT2D eigenvalue weighted by molar-refractivity contribution is 0.0600. The van der Waals surface area contributed by atoms with Crippen molar-refractivity contribution in [2.75, 3.05) is 26.7 Å². The van der Waals surface area contributed by atoms with E-state index in [9.17, 15) is 4.79 Å². The van der Waals surface area contributed by atoms with Gasteiger partial charge in [0.15, 0.2) is 0 Å². The van der Waals surface area contributed by atoms with E-state index >= 15 is 0 Å². The van der Waals surface area contributed by atoms with Crippen molar-refractivity contribution in [2.24, 2.45) is 0 Å². The van der Waals surface area contributed by atoms with Gasteiger partial charge in [-0.3, -0.25) is 4.90 Å². The van der Waals surface area contributed by atoms with Gasteiger partial charge in [-0.05, 0) is 30.7 Å². The molecule has 0 bridgehead atoms. The highest BCUT2D eigenvalue weighted by Gasteiger charge is 2.05. The Balaban J connectivity index is 2.53. The predicted molar refractivity (Wildman–Crippen MR) is 73.8 cm³/mol. The van der Waals surface area contributed by atoms with Gasteiger partial charge in [-0.15, -0.1) is 6.58 Å². The van der Waals surface area contributed by atoms with E-state index in [0.717, 1.165) is 26.1 Å². The van der Waals surface area contributed by atoms with E-state index in [1.807, 2.05) is 30.3 Å². The molecule has 0 aliphatic rings. The molecule has 0 radical (unpaired) electrons. The minimum atomic E-state index is -0.289. The largest absolute Gasteiger partial charge is 0.465 e. The summed E-state index contributed by atoms with van der Waals surface area (Å²) in [6.07, 6.45) is 2.90. The van der Waals surface area contributed by atoms with Gasteiger partial charge in [0, 0.05) is 13.1 Å². The van der Waals surface area contributed by atoms with E-state index in [0.29, 0.717) is 5.56 Å². The Morgan fingerprint density at radius 3 is 2.56 bits per heavy atom. The summed E-state index contributed by atoms with van der Waals surface area (Å²) in [6.45, 7) is 8.83. The molecule has 0 saturated carbocycles. The van der Waals surface area contributed by atoms with Gasteiger partial charge < -0.3 is 4.74 Å². The maximum Gasteiger partial charge on any atom is 0.337 e. The zero-order chi connectivity index (χ0) is 13.4. The average Bonchev–Trinajstić information content (AvgIpc) is 2.43. The lowest BCUT2D eigenvalue weighted by Crippen LogP contribution is -2.25. The molecular weight excluding hydrogens is 226 g/mol. The molecule has 3 heteroatoms. The zero-order valence-electron chi connectivity index (χ0n) is 11.2. The van der Waals surface area contributed by atoms with Crippen LogP contribution in [-0.4, -0.2) is 37.6 Å². The normalized spacial score (nSPS) is 10.4. The smallest absolute Gasteiger partial charge is 0.337 e. The van der Waals surface area contributed by atoms with Crippen LogP contribution in [0, 0.1) is 0 Å². The van der Waals surface area contributed by atoms with Crippen LogP contribution in [0.3, 0.4) is 0 Å². The van der Waals surface area contributed by atoms with Gasteiger partial charge in [0.1, 0.15) is 0 Å². The minimum Gasteiger partial charge on any atom is -0.465 e. The number of carbonyl (C=O) groups excluding carboxylic acids is 1. The Kier molecular flexibility index (Phi) is 6.15. The molecule has 0 unspecified atom stereocenters. The third-order valence-electron chi connectivity index (χ3n) is 2.93. The molecule has 0 amide bonds. The summed E-state index contributed by atoms with van der Waals surface area (Å²) in [6, 6.07) is 7.58. The van der Waals surface area contributed by atoms with Gasteiger partial charge >= 0.3 is 5.97 Å². The minimum absolute atomic E-state index is 0.289. The summed E-state index contributed by atoms with van der Waals surface area (Å²) < 4.78 is 4.67. The summed E-state index contributed by atoms with van der Waals surface area (Å²) in [7, 11) is 1.39. The van der Waals surface area contributed by atoms with Gasteiger partial charge in [-0.25, -0.2) is 4.79 Å². The monoisotopic (exact) mass is 247 g/mol. The van der Waals surface area contributed by atoms with Crippen molar-refractivity contribution in [2.45, 2.75) is 13.3 Å². The van der Waals surface area contributed by atoms with Crippen molar-refractivity contribution in [1.29, 1.82) is 0 Å². The Hall–Kier alpha value is -1.61. The van der Waals surface area contributed by atoms with E-state index in [1.54, 1.807) is 0 Å². The van der Waals surface area contributed by atoms with E-state index in [4.69, 9.17) is 0 Å². The standard InChI is InChI=1S/C15H21NO2/c1-4-11-16(5-2)12-10-13-6-8-14(9-7-13)15(17)18-3/h4,6-9H,1,5,10-12H2,2-3H3.